The highest BCUT2D eigenvalue weighted by molar-refractivity contribution is 5.82. The van der Waals surface area contributed by atoms with Gasteiger partial charge in [-0.1, -0.05) is 13.3 Å². The maximum absolute atomic E-state index is 12.5. The highest BCUT2D eigenvalue weighted by Crippen LogP contribution is 2.21. The summed E-state index contributed by atoms with van der Waals surface area (Å²) < 4.78 is 0. The molecule has 0 aromatic carbocycles. The average molecular weight is 239 g/mol. The summed E-state index contributed by atoms with van der Waals surface area (Å²) in [7, 11) is 0. The SMILES string of the molecule is CCCN1CCCC[C@@H]1C(=O)N1CC[C@H](N)C1. The van der Waals surface area contributed by atoms with Crippen LogP contribution in [-0.2, 0) is 4.79 Å². The van der Waals surface area contributed by atoms with Gasteiger partial charge in [0.2, 0.25) is 5.91 Å². The molecule has 2 atom stereocenters. The molecule has 0 unspecified atom stereocenters. The number of hydrogen-bond acceptors (Lipinski definition) is 3. The van der Waals surface area contributed by atoms with E-state index in [0.717, 1.165) is 45.4 Å². The van der Waals surface area contributed by atoms with Crippen molar-refractivity contribution in [2.45, 2.75) is 51.1 Å². The van der Waals surface area contributed by atoms with E-state index in [1.807, 2.05) is 4.90 Å². The standard InChI is InChI=1S/C13H25N3O/c1-2-7-15-8-4-3-5-12(15)13(17)16-9-6-11(14)10-16/h11-12H,2-10,14H2,1H3/t11-,12+/m0/s1. The Morgan fingerprint density at radius 1 is 1.29 bits per heavy atom. The minimum atomic E-state index is 0.133. The summed E-state index contributed by atoms with van der Waals surface area (Å²) in [4.78, 5) is 16.8. The Labute approximate surface area is 104 Å². The lowest BCUT2D eigenvalue weighted by molar-refractivity contribution is -0.137. The van der Waals surface area contributed by atoms with Crippen molar-refractivity contribution in [1.82, 2.24) is 9.80 Å². The first-order chi connectivity index (χ1) is 8.22. The van der Waals surface area contributed by atoms with Gasteiger partial charge in [-0.05, 0) is 38.8 Å². The van der Waals surface area contributed by atoms with Crippen molar-refractivity contribution in [2.75, 3.05) is 26.2 Å². The molecule has 0 aromatic heterocycles. The third-order valence-corrected chi connectivity index (χ3v) is 3.95. The normalized spacial score (nSPS) is 30.8. The molecular weight excluding hydrogens is 214 g/mol. The van der Waals surface area contributed by atoms with Gasteiger partial charge in [0.25, 0.3) is 0 Å². The van der Waals surface area contributed by atoms with Crippen molar-refractivity contribution in [2.24, 2.45) is 5.73 Å². The third kappa shape index (κ3) is 2.99. The molecule has 2 heterocycles. The fourth-order valence-corrected chi connectivity index (χ4v) is 3.02. The predicted octanol–water partition coefficient (Wildman–Crippen LogP) is 0.811. The number of hydrogen-bond donors (Lipinski definition) is 1. The number of nitrogens with zero attached hydrogens (tertiary/aromatic N) is 2. The van der Waals surface area contributed by atoms with Crippen LogP contribution < -0.4 is 5.73 Å². The van der Waals surface area contributed by atoms with Crippen LogP contribution in [0.1, 0.15) is 39.0 Å². The maximum atomic E-state index is 12.5. The molecule has 4 heteroatoms. The molecular formula is C13H25N3O. The molecule has 4 nitrogen and oxygen atoms in total. The van der Waals surface area contributed by atoms with Gasteiger partial charge in [-0.3, -0.25) is 9.69 Å². The second-order valence-corrected chi connectivity index (χ2v) is 5.38. The van der Waals surface area contributed by atoms with Gasteiger partial charge in [0.1, 0.15) is 0 Å². The Kier molecular flexibility index (Phi) is 4.40. The number of carbonyl (C=O) groups excluding carboxylic acids is 1. The van der Waals surface area contributed by atoms with Crippen LogP contribution in [0.5, 0.6) is 0 Å². The zero-order valence-electron chi connectivity index (χ0n) is 10.9. The Hall–Kier alpha value is -0.610. The second-order valence-electron chi connectivity index (χ2n) is 5.38. The third-order valence-electron chi connectivity index (χ3n) is 3.95. The minimum Gasteiger partial charge on any atom is -0.340 e. The fraction of sp³-hybridized carbons (Fsp3) is 0.923. The zero-order chi connectivity index (χ0) is 12.3. The van der Waals surface area contributed by atoms with Crippen molar-refractivity contribution in [3.05, 3.63) is 0 Å². The van der Waals surface area contributed by atoms with E-state index in [4.69, 9.17) is 5.73 Å². The molecule has 2 saturated heterocycles. The Morgan fingerprint density at radius 2 is 2.12 bits per heavy atom. The van der Waals surface area contributed by atoms with Gasteiger partial charge in [-0.15, -0.1) is 0 Å². The summed E-state index contributed by atoms with van der Waals surface area (Å²) in [5.41, 5.74) is 5.88. The topological polar surface area (TPSA) is 49.6 Å². The van der Waals surface area contributed by atoms with E-state index in [9.17, 15) is 4.79 Å². The number of nitrogens with two attached hydrogens (primary N) is 1. The van der Waals surface area contributed by atoms with E-state index < -0.39 is 0 Å². The minimum absolute atomic E-state index is 0.133. The average Bonchev–Trinajstić information content (AvgIpc) is 2.76. The van der Waals surface area contributed by atoms with Crippen molar-refractivity contribution >= 4 is 5.91 Å². The van der Waals surface area contributed by atoms with E-state index in [2.05, 4.69) is 11.8 Å². The highest BCUT2D eigenvalue weighted by Gasteiger charge is 2.33. The van der Waals surface area contributed by atoms with Crippen LogP contribution in [0.15, 0.2) is 0 Å². The summed E-state index contributed by atoms with van der Waals surface area (Å²) in [6.45, 7) is 5.94. The highest BCUT2D eigenvalue weighted by atomic mass is 16.2. The van der Waals surface area contributed by atoms with Crippen molar-refractivity contribution < 1.29 is 4.79 Å². The Bertz CT molecular complexity index is 267. The first-order valence-corrected chi connectivity index (χ1v) is 7.00. The van der Waals surface area contributed by atoms with Crippen molar-refractivity contribution in [3.8, 4) is 0 Å². The number of amides is 1. The van der Waals surface area contributed by atoms with Crippen LogP contribution in [0.4, 0.5) is 0 Å². The smallest absolute Gasteiger partial charge is 0.239 e. The second kappa shape index (κ2) is 5.83. The first kappa shape index (κ1) is 12.8. The predicted molar refractivity (Wildman–Crippen MR) is 68.7 cm³/mol. The summed E-state index contributed by atoms with van der Waals surface area (Å²) in [5, 5.41) is 0. The van der Waals surface area contributed by atoms with Crippen LogP contribution in [0.3, 0.4) is 0 Å². The molecule has 0 saturated carbocycles. The monoisotopic (exact) mass is 239 g/mol. The quantitative estimate of drug-likeness (QED) is 0.793. The molecule has 17 heavy (non-hydrogen) atoms. The van der Waals surface area contributed by atoms with E-state index in [1.54, 1.807) is 0 Å². The molecule has 0 bridgehead atoms. The van der Waals surface area contributed by atoms with Crippen LogP contribution in [-0.4, -0.2) is 54.0 Å². The van der Waals surface area contributed by atoms with E-state index >= 15 is 0 Å². The largest absolute Gasteiger partial charge is 0.340 e. The Morgan fingerprint density at radius 3 is 2.76 bits per heavy atom. The molecule has 2 rings (SSSR count). The van der Waals surface area contributed by atoms with Gasteiger partial charge in [-0.25, -0.2) is 0 Å². The molecule has 1 amide bonds. The molecule has 2 aliphatic rings. The molecule has 2 aliphatic heterocycles. The maximum Gasteiger partial charge on any atom is 0.239 e. The number of carbonyl (C=O) groups is 1. The van der Waals surface area contributed by atoms with Crippen molar-refractivity contribution in [1.29, 1.82) is 0 Å². The van der Waals surface area contributed by atoms with Crippen LogP contribution in [0.25, 0.3) is 0 Å². The van der Waals surface area contributed by atoms with Gasteiger partial charge in [0.15, 0.2) is 0 Å². The van der Waals surface area contributed by atoms with Gasteiger partial charge < -0.3 is 10.6 Å². The number of likely N-dealkylation sites (tertiary alicyclic amines) is 2. The molecule has 2 N–H and O–H groups in total. The van der Waals surface area contributed by atoms with Crippen LogP contribution in [0.2, 0.25) is 0 Å². The van der Waals surface area contributed by atoms with E-state index in [1.165, 1.54) is 12.8 Å². The fourth-order valence-electron chi connectivity index (χ4n) is 3.02. The molecule has 2 fully saturated rings. The van der Waals surface area contributed by atoms with Crippen molar-refractivity contribution in [3.63, 3.8) is 0 Å². The lowest BCUT2D eigenvalue weighted by Crippen LogP contribution is -2.50. The van der Waals surface area contributed by atoms with Gasteiger partial charge >= 0.3 is 0 Å². The molecule has 0 aromatic rings. The molecule has 0 aliphatic carbocycles. The van der Waals surface area contributed by atoms with Gasteiger partial charge in [0, 0.05) is 19.1 Å². The molecule has 0 spiro atoms. The first-order valence-electron chi connectivity index (χ1n) is 7.00. The van der Waals surface area contributed by atoms with E-state index in [0.29, 0.717) is 5.91 Å². The lowest BCUT2D eigenvalue weighted by atomic mass is 10.0. The lowest BCUT2D eigenvalue weighted by Gasteiger charge is -2.36. The summed E-state index contributed by atoms with van der Waals surface area (Å²) >= 11 is 0. The van der Waals surface area contributed by atoms with Gasteiger partial charge in [0.05, 0.1) is 6.04 Å². The molecule has 0 radical (unpaired) electrons. The van der Waals surface area contributed by atoms with E-state index in [-0.39, 0.29) is 12.1 Å². The van der Waals surface area contributed by atoms with Gasteiger partial charge in [-0.2, -0.15) is 0 Å². The summed E-state index contributed by atoms with van der Waals surface area (Å²) in [6, 6.07) is 0.330. The summed E-state index contributed by atoms with van der Waals surface area (Å²) in [5.74, 6) is 0.325. The van der Waals surface area contributed by atoms with Crippen LogP contribution >= 0.6 is 0 Å². The zero-order valence-corrected chi connectivity index (χ0v) is 10.9. The number of piperidine rings is 1. The Balaban J connectivity index is 1.95. The molecule has 98 valence electrons. The van der Waals surface area contributed by atoms with Crippen LogP contribution in [0, 0.1) is 0 Å². The summed E-state index contributed by atoms with van der Waals surface area (Å²) in [6.07, 6.45) is 5.56. The number of rotatable bonds is 3.